The first-order chi connectivity index (χ1) is 9.95. The van der Waals surface area contributed by atoms with Crippen molar-refractivity contribution in [1.29, 1.82) is 0 Å². The highest BCUT2D eigenvalue weighted by Gasteiger charge is 2.11. The van der Waals surface area contributed by atoms with Gasteiger partial charge in [-0.15, -0.1) is 0 Å². The van der Waals surface area contributed by atoms with E-state index in [1.54, 1.807) is 19.0 Å². The van der Waals surface area contributed by atoms with Crippen LogP contribution in [0.2, 0.25) is 0 Å². The lowest BCUT2D eigenvalue weighted by Gasteiger charge is -2.18. The Morgan fingerprint density at radius 1 is 1.24 bits per heavy atom. The fourth-order valence-corrected chi connectivity index (χ4v) is 2.38. The van der Waals surface area contributed by atoms with Gasteiger partial charge in [0, 0.05) is 31.4 Å². The molecule has 0 aromatic heterocycles. The van der Waals surface area contributed by atoms with Gasteiger partial charge in [-0.2, -0.15) is 0 Å². The molecule has 3 nitrogen and oxygen atoms in total. The topological polar surface area (TPSA) is 32.3 Å². The average molecular weight is 290 g/mol. The number of nitrogens with one attached hydrogen (secondary N) is 1. The van der Waals surface area contributed by atoms with E-state index in [-0.39, 0.29) is 5.91 Å². The molecule has 1 aromatic rings. The first-order valence-electron chi connectivity index (χ1n) is 8.04. The lowest BCUT2D eigenvalue weighted by molar-refractivity contribution is 0.0827. The van der Waals surface area contributed by atoms with Gasteiger partial charge in [0.2, 0.25) is 0 Å². The average Bonchev–Trinajstić information content (AvgIpc) is 2.45. The van der Waals surface area contributed by atoms with Crippen LogP contribution in [0.3, 0.4) is 0 Å². The predicted octanol–water partition coefficient (Wildman–Crippen LogP) is 4.47. The molecule has 0 saturated heterocycles. The number of anilines is 1. The van der Waals surface area contributed by atoms with Crippen molar-refractivity contribution >= 4 is 11.6 Å². The minimum absolute atomic E-state index is 0.0497. The van der Waals surface area contributed by atoms with Gasteiger partial charge in [-0.25, -0.2) is 0 Å². The molecule has 1 aromatic carbocycles. The quantitative estimate of drug-likeness (QED) is 0.717. The van der Waals surface area contributed by atoms with Crippen LogP contribution in [0.25, 0.3) is 0 Å². The zero-order valence-electron chi connectivity index (χ0n) is 14.2. The SMILES string of the molecule is CCCCCCC(C)Nc1cc(C(=O)N(C)C)ccc1C. The molecule has 0 saturated carbocycles. The molecule has 1 N–H and O–H groups in total. The van der Waals surface area contributed by atoms with E-state index in [0.717, 1.165) is 11.3 Å². The first kappa shape index (κ1) is 17.5. The number of nitrogens with zero attached hydrogens (tertiary/aromatic N) is 1. The van der Waals surface area contributed by atoms with Crippen molar-refractivity contribution in [2.24, 2.45) is 0 Å². The number of carbonyl (C=O) groups excluding carboxylic acids is 1. The highest BCUT2D eigenvalue weighted by Crippen LogP contribution is 2.20. The summed E-state index contributed by atoms with van der Waals surface area (Å²) in [5, 5.41) is 3.55. The Labute approximate surface area is 129 Å². The van der Waals surface area contributed by atoms with Crippen molar-refractivity contribution in [3.05, 3.63) is 29.3 Å². The number of aryl methyl sites for hydroxylation is 1. The maximum atomic E-state index is 12.0. The van der Waals surface area contributed by atoms with E-state index in [4.69, 9.17) is 0 Å². The second kappa shape index (κ2) is 8.71. The molecule has 0 aliphatic heterocycles. The Morgan fingerprint density at radius 2 is 1.95 bits per heavy atom. The van der Waals surface area contributed by atoms with Gasteiger partial charge in [0.25, 0.3) is 5.91 Å². The zero-order chi connectivity index (χ0) is 15.8. The molecule has 118 valence electrons. The van der Waals surface area contributed by atoms with Crippen molar-refractivity contribution in [3.8, 4) is 0 Å². The van der Waals surface area contributed by atoms with E-state index in [0.29, 0.717) is 6.04 Å². The van der Waals surface area contributed by atoms with Crippen molar-refractivity contribution in [2.45, 2.75) is 58.9 Å². The van der Waals surface area contributed by atoms with E-state index in [1.807, 2.05) is 18.2 Å². The van der Waals surface area contributed by atoms with Gasteiger partial charge in [0.05, 0.1) is 0 Å². The summed E-state index contributed by atoms with van der Waals surface area (Å²) >= 11 is 0. The van der Waals surface area contributed by atoms with Gasteiger partial charge in [0.1, 0.15) is 0 Å². The molecular formula is C18H30N2O. The molecule has 0 bridgehead atoms. The number of hydrogen-bond donors (Lipinski definition) is 1. The number of hydrogen-bond acceptors (Lipinski definition) is 2. The third-order valence-corrected chi connectivity index (χ3v) is 3.78. The summed E-state index contributed by atoms with van der Waals surface area (Å²) in [6.45, 7) is 6.53. The molecular weight excluding hydrogens is 260 g/mol. The van der Waals surface area contributed by atoms with Crippen LogP contribution in [0.5, 0.6) is 0 Å². The Balaban J connectivity index is 2.65. The molecule has 1 unspecified atom stereocenters. The lowest BCUT2D eigenvalue weighted by atomic mass is 10.1. The van der Waals surface area contributed by atoms with Gasteiger partial charge < -0.3 is 10.2 Å². The van der Waals surface area contributed by atoms with Crippen LogP contribution >= 0.6 is 0 Å². The standard InChI is InChI=1S/C18H30N2O/c1-6-7-8-9-10-15(3)19-17-13-16(12-11-14(17)2)18(21)20(4)5/h11-13,15,19H,6-10H2,1-5H3. The Morgan fingerprint density at radius 3 is 2.57 bits per heavy atom. The third-order valence-electron chi connectivity index (χ3n) is 3.78. The summed E-state index contributed by atoms with van der Waals surface area (Å²) in [5.74, 6) is 0.0497. The van der Waals surface area contributed by atoms with Gasteiger partial charge in [-0.05, 0) is 38.0 Å². The maximum absolute atomic E-state index is 12.0. The van der Waals surface area contributed by atoms with E-state index < -0.39 is 0 Å². The number of benzene rings is 1. The molecule has 0 aliphatic rings. The minimum Gasteiger partial charge on any atom is -0.382 e. The number of unbranched alkanes of at least 4 members (excludes halogenated alkanes) is 3. The van der Waals surface area contributed by atoms with E-state index in [9.17, 15) is 4.79 Å². The van der Waals surface area contributed by atoms with Crippen LogP contribution in [0.4, 0.5) is 5.69 Å². The molecule has 1 atom stereocenters. The van der Waals surface area contributed by atoms with Crippen LogP contribution in [0.1, 0.15) is 61.9 Å². The molecule has 1 rings (SSSR count). The van der Waals surface area contributed by atoms with E-state index in [2.05, 4.69) is 26.1 Å². The van der Waals surface area contributed by atoms with Crippen LogP contribution in [-0.4, -0.2) is 30.9 Å². The molecule has 0 heterocycles. The van der Waals surface area contributed by atoms with Crippen LogP contribution in [-0.2, 0) is 0 Å². The smallest absolute Gasteiger partial charge is 0.253 e. The van der Waals surface area contributed by atoms with Gasteiger partial charge >= 0.3 is 0 Å². The van der Waals surface area contributed by atoms with Crippen LogP contribution < -0.4 is 5.32 Å². The Hall–Kier alpha value is -1.51. The van der Waals surface area contributed by atoms with E-state index >= 15 is 0 Å². The number of rotatable bonds is 8. The predicted molar refractivity (Wildman–Crippen MR) is 91.0 cm³/mol. The van der Waals surface area contributed by atoms with E-state index in [1.165, 1.54) is 37.7 Å². The largest absolute Gasteiger partial charge is 0.382 e. The Bertz CT molecular complexity index is 455. The fraction of sp³-hybridized carbons (Fsp3) is 0.611. The van der Waals surface area contributed by atoms with Crippen molar-refractivity contribution in [3.63, 3.8) is 0 Å². The van der Waals surface area contributed by atoms with Crippen molar-refractivity contribution < 1.29 is 4.79 Å². The number of carbonyl (C=O) groups is 1. The summed E-state index contributed by atoms with van der Waals surface area (Å²) in [5.41, 5.74) is 3.00. The highest BCUT2D eigenvalue weighted by atomic mass is 16.2. The second-order valence-corrected chi connectivity index (χ2v) is 6.12. The zero-order valence-corrected chi connectivity index (χ0v) is 14.2. The Kier molecular flexibility index (Phi) is 7.27. The number of amides is 1. The lowest BCUT2D eigenvalue weighted by Crippen LogP contribution is -2.22. The summed E-state index contributed by atoms with van der Waals surface area (Å²) < 4.78 is 0. The molecule has 0 aliphatic carbocycles. The molecule has 0 radical (unpaired) electrons. The monoisotopic (exact) mass is 290 g/mol. The van der Waals surface area contributed by atoms with Gasteiger partial charge in [-0.3, -0.25) is 4.79 Å². The summed E-state index contributed by atoms with van der Waals surface area (Å²) in [4.78, 5) is 13.6. The minimum atomic E-state index is 0.0497. The van der Waals surface area contributed by atoms with Crippen molar-refractivity contribution in [2.75, 3.05) is 19.4 Å². The molecule has 3 heteroatoms. The summed E-state index contributed by atoms with van der Waals surface area (Å²) in [6.07, 6.45) is 6.33. The molecule has 21 heavy (non-hydrogen) atoms. The van der Waals surface area contributed by atoms with Crippen molar-refractivity contribution in [1.82, 2.24) is 4.90 Å². The molecule has 1 amide bonds. The summed E-state index contributed by atoms with van der Waals surface area (Å²) in [6, 6.07) is 6.32. The molecule has 0 fully saturated rings. The molecule has 0 spiro atoms. The third kappa shape index (κ3) is 5.78. The normalized spacial score (nSPS) is 12.0. The fourth-order valence-electron chi connectivity index (χ4n) is 2.38. The second-order valence-electron chi connectivity index (χ2n) is 6.12. The summed E-state index contributed by atoms with van der Waals surface area (Å²) in [7, 11) is 3.57. The van der Waals surface area contributed by atoms with Crippen LogP contribution in [0, 0.1) is 6.92 Å². The van der Waals surface area contributed by atoms with Crippen LogP contribution in [0.15, 0.2) is 18.2 Å². The first-order valence-corrected chi connectivity index (χ1v) is 8.04. The van der Waals surface area contributed by atoms with Gasteiger partial charge in [0.15, 0.2) is 0 Å². The highest BCUT2D eigenvalue weighted by molar-refractivity contribution is 5.95. The maximum Gasteiger partial charge on any atom is 0.253 e. The van der Waals surface area contributed by atoms with Gasteiger partial charge in [-0.1, -0.05) is 38.7 Å².